The van der Waals surface area contributed by atoms with Gasteiger partial charge in [-0.05, 0) is 23.6 Å². The van der Waals surface area contributed by atoms with Crippen molar-refractivity contribution in [2.75, 3.05) is 26.2 Å². The van der Waals surface area contributed by atoms with E-state index in [4.69, 9.17) is 5.73 Å². The third-order valence-electron chi connectivity index (χ3n) is 4.00. The molecule has 2 rings (SSSR count). The SMILES string of the molecule is CC(C)[C@H](N)C(=O)N1CCN(Cc2cccc(O)c2)CC1.Cl.Cl. The number of halogens is 2. The first-order valence-corrected chi connectivity index (χ1v) is 7.52. The summed E-state index contributed by atoms with van der Waals surface area (Å²) in [6.07, 6.45) is 0. The van der Waals surface area contributed by atoms with Gasteiger partial charge in [0.15, 0.2) is 0 Å². The number of hydrogen-bond acceptors (Lipinski definition) is 4. The van der Waals surface area contributed by atoms with Crippen molar-refractivity contribution in [2.45, 2.75) is 26.4 Å². The Kier molecular flexibility index (Phi) is 9.54. The number of phenolic OH excluding ortho intramolecular Hbond substituents is 1. The lowest BCUT2D eigenvalue weighted by molar-refractivity contribution is -0.135. The van der Waals surface area contributed by atoms with E-state index in [1.54, 1.807) is 12.1 Å². The van der Waals surface area contributed by atoms with Crippen molar-refractivity contribution in [3.63, 3.8) is 0 Å². The van der Waals surface area contributed by atoms with Gasteiger partial charge >= 0.3 is 0 Å². The molecular weight excluding hydrogens is 337 g/mol. The summed E-state index contributed by atoms with van der Waals surface area (Å²) in [6.45, 7) is 7.86. The van der Waals surface area contributed by atoms with Crippen LogP contribution in [0.25, 0.3) is 0 Å². The molecule has 0 bridgehead atoms. The molecule has 23 heavy (non-hydrogen) atoms. The van der Waals surface area contributed by atoms with Crippen molar-refractivity contribution in [1.29, 1.82) is 0 Å². The Morgan fingerprint density at radius 3 is 2.35 bits per heavy atom. The predicted octanol–water partition coefficient (Wildman–Crippen LogP) is 1.86. The molecule has 132 valence electrons. The maximum atomic E-state index is 12.2. The highest BCUT2D eigenvalue weighted by molar-refractivity contribution is 5.85. The number of nitrogens with two attached hydrogens (primary N) is 1. The number of aromatic hydroxyl groups is 1. The highest BCUT2D eigenvalue weighted by Crippen LogP contribution is 2.15. The van der Waals surface area contributed by atoms with Crippen LogP contribution in [-0.4, -0.2) is 53.0 Å². The average Bonchev–Trinajstić information content (AvgIpc) is 2.46. The summed E-state index contributed by atoms with van der Waals surface area (Å²) in [6, 6.07) is 6.92. The van der Waals surface area contributed by atoms with Crippen LogP contribution >= 0.6 is 24.8 Å². The number of piperazine rings is 1. The fraction of sp³-hybridized carbons (Fsp3) is 0.562. The minimum atomic E-state index is -0.400. The largest absolute Gasteiger partial charge is 0.508 e. The summed E-state index contributed by atoms with van der Waals surface area (Å²) < 4.78 is 0. The maximum Gasteiger partial charge on any atom is 0.239 e. The number of carbonyl (C=O) groups is 1. The van der Waals surface area contributed by atoms with Crippen molar-refractivity contribution in [2.24, 2.45) is 11.7 Å². The Labute approximate surface area is 150 Å². The van der Waals surface area contributed by atoms with Crippen LogP contribution in [0.5, 0.6) is 5.75 Å². The van der Waals surface area contributed by atoms with E-state index in [0.717, 1.165) is 38.3 Å². The van der Waals surface area contributed by atoms with Gasteiger partial charge < -0.3 is 15.7 Å². The first-order chi connectivity index (χ1) is 9.97. The molecule has 1 atom stereocenters. The summed E-state index contributed by atoms with van der Waals surface area (Å²) in [5.41, 5.74) is 7.02. The van der Waals surface area contributed by atoms with Gasteiger partial charge in [-0.1, -0.05) is 26.0 Å². The fourth-order valence-electron chi connectivity index (χ4n) is 2.54. The lowest BCUT2D eigenvalue weighted by Gasteiger charge is -2.36. The quantitative estimate of drug-likeness (QED) is 0.856. The molecule has 1 fully saturated rings. The van der Waals surface area contributed by atoms with Crippen LogP contribution in [0.2, 0.25) is 0 Å². The summed E-state index contributed by atoms with van der Waals surface area (Å²) >= 11 is 0. The average molecular weight is 364 g/mol. The molecule has 0 aliphatic carbocycles. The fourth-order valence-corrected chi connectivity index (χ4v) is 2.54. The molecule has 1 saturated heterocycles. The number of rotatable bonds is 4. The van der Waals surface area contributed by atoms with E-state index in [2.05, 4.69) is 4.90 Å². The Morgan fingerprint density at radius 2 is 1.83 bits per heavy atom. The molecule has 0 aromatic heterocycles. The van der Waals surface area contributed by atoms with Crippen molar-refractivity contribution in [3.8, 4) is 5.75 Å². The molecule has 1 aliphatic rings. The van der Waals surface area contributed by atoms with Gasteiger partial charge in [-0.2, -0.15) is 0 Å². The second kappa shape index (κ2) is 9.98. The predicted molar refractivity (Wildman–Crippen MR) is 97.3 cm³/mol. The Bertz CT molecular complexity index is 492. The molecule has 3 N–H and O–H groups in total. The van der Waals surface area contributed by atoms with E-state index in [1.165, 1.54) is 0 Å². The Balaban J connectivity index is 0.00000242. The first kappa shape index (κ1) is 22.0. The van der Waals surface area contributed by atoms with Crippen molar-refractivity contribution >= 4 is 30.7 Å². The van der Waals surface area contributed by atoms with Crippen molar-refractivity contribution in [3.05, 3.63) is 29.8 Å². The van der Waals surface area contributed by atoms with Crippen LogP contribution in [-0.2, 0) is 11.3 Å². The van der Waals surface area contributed by atoms with E-state index >= 15 is 0 Å². The van der Waals surface area contributed by atoms with Gasteiger partial charge in [0.2, 0.25) is 5.91 Å². The third kappa shape index (κ3) is 6.18. The van der Waals surface area contributed by atoms with Gasteiger partial charge in [0, 0.05) is 32.7 Å². The summed E-state index contributed by atoms with van der Waals surface area (Å²) in [7, 11) is 0. The minimum Gasteiger partial charge on any atom is -0.508 e. The molecular formula is C16H27Cl2N3O2. The molecule has 1 aromatic rings. The molecule has 0 spiro atoms. The molecule has 1 amide bonds. The molecule has 0 saturated carbocycles. The van der Waals surface area contributed by atoms with Gasteiger partial charge in [0.1, 0.15) is 5.75 Å². The molecule has 0 unspecified atom stereocenters. The van der Waals surface area contributed by atoms with E-state index in [0.29, 0.717) is 5.75 Å². The van der Waals surface area contributed by atoms with Crippen molar-refractivity contribution in [1.82, 2.24) is 9.80 Å². The van der Waals surface area contributed by atoms with Crippen LogP contribution in [0.1, 0.15) is 19.4 Å². The zero-order valence-corrected chi connectivity index (χ0v) is 15.3. The lowest BCUT2D eigenvalue weighted by atomic mass is 10.0. The molecule has 0 radical (unpaired) electrons. The highest BCUT2D eigenvalue weighted by Gasteiger charge is 2.26. The Morgan fingerprint density at radius 1 is 1.22 bits per heavy atom. The molecule has 1 aliphatic heterocycles. The number of amides is 1. The van der Waals surface area contributed by atoms with Gasteiger partial charge in [-0.25, -0.2) is 0 Å². The van der Waals surface area contributed by atoms with Gasteiger partial charge in [-0.3, -0.25) is 9.69 Å². The zero-order valence-electron chi connectivity index (χ0n) is 13.6. The molecule has 1 heterocycles. The van der Waals surface area contributed by atoms with E-state index in [-0.39, 0.29) is 36.6 Å². The van der Waals surface area contributed by atoms with Gasteiger partial charge in [-0.15, -0.1) is 24.8 Å². The van der Waals surface area contributed by atoms with E-state index in [9.17, 15) is 9.90 Å². The van der Waals surface area contributed by atoms with Gasteiger partial charge in [0.05, 0.1) is 6.04 Å². The molecule has 7 heteroatoms. The second-order valence-electron chi connectivity index (χ2n) is 6.04. The number of hydrogen-bond donors (Lipinski definition) is 2. The first-order valence-electron chi connectivity index (χ1n) is 7.52. The monoisotopic (exact) mass is 363 g/mol. The highest BCUT2D eigenvalue weighted by atomic mass is 35.5. The van der Waals surface area contributed by atoms with Crippen LogP contribution in [0, 0.1) is 5.92 Å². The number of phenols is 1. The Hall–Kier alpha value is -1.01. The van der Waals surface area contributed by atoms with Crippen LogP contribution < -0.4 is 5.73 Å². The standard InChI is InChI=1S/C16H25N3O2.2ClH/c1-12(2)15(17)16(21)19-8-6-18(7-9-19)11-13-4-3-5-14(20)10-13;;/h3-5,10,12,15,20H,6-9,11,17H2,1-2H3;2*1H/t15-;;/m0../s1. The van der Waals surface area contributed by atoms with Crippen LogP contribution in [0.4, 0.5) is 0 Å². The van der Waals surface area contributed by atoms with Crippen LogP contribution in [0.3, 0.4) is 0 Å². The van der Waals surface area contributed by atoms with E-state index < -0.39 is 6.04 Å². The third-order valence-corrected chi connectivity index (χ3v) is 4.00. The normalized spacial score (nSPS) is 16.4. The maximum absolute atomic E-state index is 12.2. The van der Waals surface area contributed by atoms with Crippen molar-refractivity contribution < 1.29 is 9.90 Å². The summed E-state index contributed by atoms with van der Waals surface area (Å²) in [5.74, 6) is 0.522. The summed E-state index contributed by atoms with van der Waals surface area (Å²) in [5, 5.41) is 9.49. The summed E-state index contributed by atoms with van der Waals surface area (Å²) in [4.78, 5) is 16.4. The smallest absolute Gasteiger partial charge is 0.239 e. The number of benzene rings is 1. The number of nitrogens with zero attached hydrogens (tertiary/aromatic N) is 2. The molecule has 1 aromatic carbocycles. The zero-order chi connectivity index (χ0) is 15.4. The second-order valence-corrected chi connectivity index (χ2v) is 6.04. The molecule has 5 nitrogen and oxygen atoms in total. The van der Waals surface area contributed by atoms with Gasteiger partial charge in [0.25, 0.3) is 0 Å². The minimum absolute atomic E-state index is 0. The number of carbonyl (C=O) groups excluding carboxylic acids is 1. The van der Waals surface area contributed by atoms with Crippen LogP contribution in [0.15, 0.2) is 24.3 Å². The lowest BCUT2D eigenvalue weighted by Crippen LogP contribution is -2.54. The van der Waals surface area contributed by atoms with E-state index in [1.807, 2.05) is 30.9 Å². The topological polar surface area (TPSA) is 69.8 Å².